The third kappa shape index (κ3) is 6.08. The lowest BCUT2D eigenvalue weighted by molar-refractivity contribution is 0.0635. The molecule has 0 radical (unpaired) electrons. The average molecular weight is 375 g/mol. The van der Waals surface area contributed by atoms with Crippen molar-refractivity contribution >= 4 is 29.3 Å². The first-order chi connectivity index (χ1) is 12.1. The fraction of sp³-hybridized carbons (Fsp3) is 0.300. The molecule has 2 amide bonds. The van der Waals surface area contributed by atoms with Crippen molar-refractivity contribution in [2.75, 3.05) is 5.32 Å². The van der Waals surface area contributed by atoms with Crippen molar-refractivity contribution in [3.63, 3.8) is 0 Å². The third-order valence-corrected chi connectivity index (χ3v) is 3.72. The van der Waals surface area contributed by atoms with E-state index in [1.54, 1.807) is 51.1 Å². The molecule has 6 heteroatoms. The van der Waals surface area contributed by atoms with Crippen LogP contribution in [-0.2, 0) is 4.74 Å². The van der Waals surface area contributed by atoms with E-state index < -0.39 is 11.7 Å². The summed E-state index contributed by atoms with van der Waals surface area (Å²) in [5.74, 6) is -0.207. The van der Waals surface area contributed by atoms with Gasteiger partial charge in [0.05, 0.1) is 6.04 Å². The van der Waals surface area contributed by atoms with Gasteiger partial charge in [-0.25, -0.2) is 4.79 Å². The largest absolute Gasteiger partial charge is 0.444 e. The summed E-state index contributed by atoms with van der Waals surface area (Å²) in [6.07, 6.45) is -0.538. The topological polar surface area (TPSA) is 67.4 Å². The van der Waals surface area contributed by atoms with E-state index in [0.717, 1.165) is 5.56 Å². The van der Waals surface area contributed by atoms with Gasteiger partial charge in [-0.05, 0) is 69.7 Å². The molecule has 0 spiro atoms. The van der Waals surface area contributed by atoms with E-state index in [2.05, 4.69) is 10.6 Å². The summed E-state index contributed by atoms with van der Waals surface area (Å²) in [5.41, 5.74) is 1.40. The number of amides is 2. The maximum atomic E-state index is 12.4. The van der Waals surface area contributed by atoms with Crippen LogP contribution >= 0.6 is 11.6 Å². The summed E-state index contributed by atoms with van der Waals surface area (Å²) in [6.45, 7) is 7.27. The van der Waals surface area contributed by atoms with Crippen molar-refractivity contribution in [3.8, 4) is 0 Å². The number of ether oxygens (including phenoxy) is 1. The quantitative estimate of drug-likeness (QED) is 0.774. The minimum atomic E-state index is -0.569. The fourth-order valence-electron chi connectivity index (χ4n) is 2.27. The third-order valence-electron chi connectivity index (χ3n) is 3.49. The van der Waals surface area contributed by atoms with Crippen LogP contribution in [0, 0.1) is 0 Å². The van der Waals surface area contributed by atoms with Gasteiger partial charge in [0.15, 0.2) is 0 Å². The van der Waals surface area contributed by atoms with Crippen LogP contribution in [0.1, 0.15) is 49.7 Å². The Hall–Kier alpha value is -2.53. The number of hydrogen-bond donors (Lipinski definition) is 2. The number of hydrogen-bond acceptors (Lipinski definition) is 3. The molecule has 0 saturated carbocycles. The van der Waals surface area contributed by atoms with Crippen LogP contribution in [0.25, 0.3) is 0 Å². The Kier molecular flexibility index (Phi) is 6.27. The maximum Gasteiger partial charge on any atom is 0.412 e. The standard InChI is InChI=1S/C20H23ClN2O3/c1-13(15-6-5-7-16(21)12-15)22-18(24)14-8-10-17(11-9-14)23-19(25)26-20(2,3)4/h5-13H,1-4H3,(H,22,24)(H,23,25). The molecule has 26 heavy (non-hydrogen) atoms. The second kappa shape index (κ2) is 8.23. The lowest BCUT2D eigenvalue weighted by Gasteiger charge is -2.19. The van der Waals surface area contributed by atoms with E-state index in [1.165, 1.54) is 0 Å². The van der Waals surface area contributed by atoms with Gasteiger partial charge in [-0.3, -0.25) is 10.1 Å². The molecule has 0 heterocycles. The van der Waals surface area contributed by atoms with Gasteiger partial charge in [-0.2, -0.15) is 0 Å². The van der Waals surface area contributed by atoms with Gasteiger partial charge in [0, 0.05) is 16.3 Å². The second-order valence-corrected chi connectivity index (χ2v) is 7.39. The molecule has 0 aromatic heterocycles. The van der Waals surface area contributed by atoms with Crippen LogP contribution in [0.2, 0.25) is 5.02 Å². The Morgan fingerprint density at radius 1 is 1.08 bits per heavy atom. The van der Waals surface area contributed by atoms with Gasteiger partial charge in [0.2, 0.25) is 0 Å². The Morgan fingerprint density at radius 2 is 1.73 bits per heavy atom. The number of benzene rings is 2. The molecule has 2 aromatic rings. The minimum Gasteiger partial charge on any atom is -0.444 e. The highest BCUT2D eigenvalue weighted by Crippen LogP contribution is 2.18. The van der Waals surface area contributed by atoms with Crippen LogP contribution in [0.5, 0.6) is 0 Å². The second-order valence-electron chi connectivity index (χ2n) is 6.95. The summed E-state index contributed by atoms with van der Waals surface area (Å²) >= 11 is 5.98. The molecule has 0 saturated heterocycles. The molecule has 5 nitrogen and oxygen atoms in total. The molecule has 0 aliphatic carbocycles. The van der Waals surface area contributed by atoms with Crippen LogP contribution in [0.4, 0.5) is 10.5 Å². The average Bonchev–Trinajstić information content (AvgIpc) is 2.53. The zero-order valence-electron chi connectivity index (χ0n) is 15.3. The number of halogens is 1. The maximum absolute atomic E-state index is 12.4. The lowest BCUT2D eigenvalue weighted by Crippen LogP contribution is -2.27. The number of anilines is 1. The van der Waals surface area contributed by atoms with Gasteiger partial charge in [-0.15, -0.1) is 0 Å². The summed E-state index contributed by atoms with van der Waals surface area (Å²) in [5, 5.41) is 6.18. The van der Waals surface area contributed by atoms with Gasteiger partial charge < -0.3 is 10.1 Å². The number of carbonyl (C=O) groups excluding carboxylic acids is 2. The molecule has 2 N–H and O–H groups in total. The Morgan fingerprint density at radius 3 is 2.31 bits per heavy atom. The highest BCUT2D eigenvalue weighted by atomic mass is 35.5. The minimum absolute atomic E-state index is 0.180. The number of rotatable bonds is 4. The first-order valence-electron chi connectivity index (χ1n) is 8.30. The first kappa shape index (κ1) is 19.8. The van der Waals surface area contributed by atoms with E-state index in [4.69, 9.17) is 16.3 Å². The molecular weight excluding hydrogens is 352 g/mol. The van der Waals surface area contributed by atoms with E-state index >= 15 is 0 Å². The normalized spacial score (nSPS) is 12.2. The van der Waals surface area contributed by atoms with E-state index in [-0.39, 0.29) is 11.9 Å². The van der Waals surface area contributed by atoms with E-state index in [1.807, 2.05) is 25.1 Å². The zero-order chi connectivity index (χ0) is 19.3. The van der Waals surface area contributed by atoms with Crippen molar-refractivity contribution in [2.24, 2.45) is 0 Å². The molecule has 0 bridgehead atoms. The molecule has 0 fully saturated rings. The Labute approximate surface area is 158 Å². The molecule has 2 aromatic carbocycles. The highest BCUT2D eigenvalue weighted by Gasteiger charge is 2.16. The molecule has 1 atom stereocenters. The Bertz CT molecular complexity index is 782. The van der Waals surface area contributed by atoms with E-state index in [0.29, 0.717) is 16.3 Å². The van der Waals surface area contributed by atoms with Crippen LogP contribution in [-0.4, -0.2) is 17.6 Å². The van der Waals surface area contributed by atoms with Crippen LogP contribution in [0.15, 0.2) is 48.5 Å². The van der Waals surface area contributed by atoms with Gasteiger partial charge in [0.25, 0.3) is 5.91 Å². The fourth-order valence-corrected chi connectivity index (χ4v) is 2.46. The van der Waals surface area contributed by atoms with Gasteiger partial charge >= 0.3 is 6.09 Å². The van der Waals surface area contributed by atoms with Crippen molar-refractivity contribution in [3.05, 3.63) is 64.7 Å². The predicted molar refractivity (Wildman–Crippen MR) is 104 cm³/mol. The Balaban J connectivity index is 1.97. The molecule has 1 unspecified atom stereocenters. The predicted octanol–water partition coefficient (Wildman–Crippen LogP) is 5.18. The lowest BCUT2D eigenvalue weighted by atomic mass is 10.1. The summed E-state index contributed by atoms with van der Waals surface area (Å²) in [4.78, 5) is 24.1. The van der Waals surface area contributed by atoms with Crippen molar-refractivity contribution < 1.29 is 14.3 Å². The van der Waals surface area contributed by atoms with Gasteiger partial charge in [0.1, 0.15) is 5.60 Å². The molecule has 2 rings (SSSR count). The van der Waals surface area contributed by atoms with Crippen molar-refractivity contribution in [2.45, 2.75) is 39.3 Å². The smallest absolute Gasteiger partial charge is 0.412 e. The SMILES string of the molecule is CC(NC(=O)c1ccc(NC(=O)OC(C)(C)C)cc1)c1cccc(Cl)c1. The molecular formula is C20H23ClN2O3. The van der Waals surface area contributed by atoms with Crippen LogP contribution in [0.3, 0.4) is 0 Å². The summed E-state index contributed by atoms with van der Waals surface area (Å²) in [7, 11) is 0. The van der Waals surface area contributed by atoms with E-state index in [9.17, 15) is 9.59 Å². The number of nitrogens with one attached hydrogen (secondary N) is 2. The van der Waals surface area contributed by atoms with Gasteiger partial charge in [-0.1, -0.05) is 23.7 Å². The summed E-state index contributed by atoms with van der Waals surface area (Å²) < 4.78 is 5.19. The monoisotopic (exact) mass is 374 g/mol. The molecule has 0 aliphatic rings. The van der Waals surface area contributed by atoms with Crippen molar-refractivity contribution in [1.29, 1.82) is 0 Å². The van der Waals surface area contributed by atoms with Crippen molar-refractivity contribution in [1.82, 2.24) is 5.32 Å². The first-order valence-corrected chi connectivity index (χ1v) is 8.68. The van der Waals surface area contributed by atoms with Crippen LogP contribution < -0.4 is 10.6 Å². The highest BCUT2D eigenvalue weighted by molar-refractivity contribution is 6.30. The molecule has 0 aliphatic heterocycles. The summed E-state index contributed by atoms with van der Waals surface area (Å²) in [6, 6.07) is 13.8. The number of carbonyl (C=O) groups is 2. The zero-order valence-corrected chi connectivity index (χ0v) is 16.1. The molecule has 138 valence electrons.